The van der Waals surface area contributed by atoms with Crippen molar-refractivity contribution in [1.82, 2.24) is 0 Å². The second-order valence-corrected chi connectivity index (χ2v) is 4.15. The van der Waals surface area contributed by atoms with Gasteiger partial charge < -0.3 is 25.3 Å². The zero-order chi connectivity index (χ0) is 14.8. The molecule has 0 heterocycles. The van der Waals surface area contributed by atoms with Crippen LogP contribution in [0.15, 0.2) is 18.2 Å². The van der Waals surface area contributed by atoms with Crippen LogP contribution >= 0.6 is 12.4 Å². The summed E-state index contributed by atoms with van der Waals surface area (Å²) in [6.07, 6.45) is 1.07. The van der Waals surface area contributed by atoms with Gasteiger partial charge in [-0.05, 0) is 25.1 Å². The largest absolute Gasteiger partial charge is 0.493 e. The number of nitrogens with one attached hydrogen (secondary N) is 1. The first kappa shape index (κ1) is 19.5. The molecule has 1 amide bonds. The predicted octanol–water partition coefficient (Wildman–Crippen LogP) is 1.82. The molecule has 21 heavy (non-hydrogen) atoms. The summed E-state index contributed by atoms with van der Waals surface area (Å²) in [5.74, 6) is 1.12. The van der Waals surface area contributed by atoms with E-state index in [1.807, 2.05) is 0 Å². The number of rotatable bonds is 9. The number of benzene rings is 1. The molecule has 0 bridgehead atoms. The van der Waals surface area contributed by atoms with E-state index in [9.17, 15) is 4.79 Å². The third-order valence-corrected chi connectivity index (χ3v) is 2.60. The summed E-state index contributed by atoms with van der Waals surface area (Å²) in [5.41, 5.74) is 6.04. The van der Waals surface area contributed by atoms with Gasteiger partial charge in [-0.3, -0.25) is 4.79 Å². The number of amides is 1. The van der Waals surface area contributed by atoms with Crippen molar-refractivity contribution >= 4 is 24.0 Å². The number of hydrogen-bond donors (Lipinski definition) is 2. The summed E-state index contributed by atoms with van der Waals surface area (Å²) in [5, 5.41) is 2.80. The number of carbonyl (C=O) groups is 1. The minimum absolute atomic E-state index is 0. The molecule has 0 unspecified atom stereocenters. The molecular weight excluding hydrogens is 296 g/mol. The molecule has 0 fully saturated rings. The van der Waals surface area contributed by atoms with Crippen molar-refractivity contribution in [1.29, 1.82) is 0 Å². The van der Waals surface area contributed by atoms with Gasteiger partial charge in [-0.2, -0.15) is 0 Å². The molecule has 3 N–H and O–H groups in total. The minimum atomic E-state index is -0.0662. The fourth-order valence-electron chi connectivity index (χ4n) is 1.59. The molecule has 120 valence electrons. The van der Waals surface area contributed by atoms with Crippen molar-refractivity contribution in [2.24, 2.45) is 5.73 Å². The van der Waals surface area contributed by atoms with E-state index in [4.69, 9.17) is 19.9 Å². The summed E-state index contributed by atoms with van der Waals surface area (Å²) < 4.78 is 15.7. The monoisotopic (exact) mass is 318 g/mol. The molecule has 0 saturated heterocycles. The lowest BCUT2D eigenvalue weighted by atomic mass is 10.2. The zero-order valence-electron chi connectivity index (χ0n) is 12.4. The van der Waals surface area contributed by atoms with E-state index < -0.39 is 0 Å². The Kier molecular flexibility index (Phi) is 10.4. The highest BCUT2D eigenvalue weighted by atomic mass is 35.5. The maximum atomic E-state index is 11.6. The Balaban J connectivity index is 0.00000400. The molecule has 0 spiro atoms. The lowest BCUT2D eigenvalue weighted by Crippen LogP contribution is -2.13. The molecular formula is C14H23ClN2O4. The van der Waals surface area contributed by atoms with Gasteiger partial charge >= 0.3 is 0 Å². The molecule has 1 aromatic rings. The van der Waals surface area contributed by atoms with E-state index in [1.54, 1.807) is 32.4 Å². The van der Waals surface area contributed by atoms with Gasteiger partial charge in [-0.25, -0.2) is 0 Å². The summed E-state index contributed by atoms with van der Waals surface area (Å²) >= 11 is 0. The smallest absolute Gasteiger partial charge is 0.224 e. The predicted molar refractivity (Wildman–Crippen MR) is 84.5 cm³/mol. The van der Waals surface area contributed by atoms with Gasteiger partial charge in [0.05, 0.1) is 13.7 Å². The van der Waals surface area contributed by atoms with Gasteiger partial charge in [0, 0.05) is 25.3 Å². The van der Waals surface area contributed by atoms with Crippen LogP contribution < -0.4 is 20.5 Å². The highest BCUT2D eigenvalue weighted by Gasteiger charge is 2.08. The van der Waals surface area contributed by atoms with E-state index in [0.717, 1.165) is 0 Å². The first-order chi connectivity index (χ1) is 9.71. The number of methoxy groups -OCH3 is 2. The maximum absolute atomic E-state index is 11.6. The summed E-state index contributed by atoms with van der Waals surface area (Å²) in [6, 6.07) is 5.25. The van der Waals surface area contributed by atoms with Crippen LogP contribution in [0.5, 0.6) is 11.5 Å². The van der Waals surface area contributed by atoms with Crippen LogP contribution in [0.25, 0.3) is 0 Å². The van der Waals surface area contributed by atoms with Crippen LogP contribution in [0, 0.1) is 0 Å². The van der Waals surface area contributed by atoms with Gasteiger partial charge in [0.15, 0.2) is 11.5 Å². The zero-order valence-corrected chi connectivity index (χ0v) is 13.2. The summed E-state index contributed by atoms with van der Waals surface area (Å²) in [7, 11) is 3.17. The van der Waals surface area contributed by atoms with Crippen LogP contribution in [0.1, 0.15) is 12.8 Å². The number of anilines is 1. The van der Waals surface area contributed by atoms with E-state index in [-0.39, 0.29) is 18.3 Å². The third-order valence-electron chi connectivity index (χ3n) is 2.60. The molecule has 6 nitrogen and oxygen atoms in total. The minimum Gasteiger partial charge on any atom is -0.493 e. The lowest BCUT2D eigenvalue weighted by molar-refractivity contribution is -0.116. The van der Waals surface area contributed by atoms with Crippen LogP contribution in [0.2, 0.25) is 0 Å². The van der Waals surface area contributed by atoms with Crippen LogP contribution in [-0.4, -0.2) is 39.9 Å². The molecule has 0 aliphatic rings. The average Bonchev–Trinajstić information content (AvgIpc) is 2.46. The fraction of sp³-hybridized carbons (Fsp3) is 0.500. The Bertz CT molecular complexity index is 429. The third kappa shape index (κ3) is 7.17. The van der Waals surface area contributed by atoms with Crippen LogP contribution in [-0.2, 0) is 9.53 Å². The van der Waals surface area contributed by atoms with Gasteiger partial charge in [-0.1, -0.05) is 0 Å². The molecule has 0 radical (unpaired) electrons. The molecule has 1 aromatic carbocycles. The molecule has 0 atom stereocenters. The normalized spacial score (nSPS) is 9.67. The Morgan fingerprint density at radius 1 is 1.24 bits per heavy atom. The average molecular weight is 319 g/mol. The van der Waals surface area contributed by atoms with Gasteiger partial charge in [0.2, 0.25) is 5.91 Å². The number of ether oxygens (including phenoxy) is 3. The van der Waals surface area contributed by atoms with Crippen LogP contribution in [0.4, 0.5) is 5.69 Å². The Hall–Kier alpha value is -1.50. The second kappa shape index (κ2) is 11.2. The molecule has 1 rings (SSSR count). The quantitative estimate of drug-likeness (QED) is 0.679. The van der Waals surface area contributed by atoms with Gasteiger partial charge in [-0.15, -0.1) is 12.4 Å². The fourth-order valence-corrected chi connectivity index (χ4v) is 1.59. The van der Waals surface area contributed by atoms with E-state index in [2.05, 4.69) is 5.32 Å². The highest BCUT2D eigenvalue weighted by molar-refractivity contribution is 5.91. The van der Waals surface area contributed by atoms with Crippen molar-refractivity contribution in [3.05, 3.63) is 18.2 Å². The first-order valence-electron chi connectivity index (χ1n) is 6.51. The Morgan fingerprint density at radius 3 is 2.62 bits per heavy atom. The van der Waals surface area contributed by atoms with Gasteiger partial charge in [0.1, 0.15) is 6.61 Å². The number of halogens is 1. The molecule has 0 aromatic heterocycles. The number of hydrogen-bond acceptors (Lipinski definition) is 5. The second-order valence-electron chi connectivity index (χ2n) is 4.15. The van der Waals surface area contributed by atoms with Gasteiger partial charge in [0.25, 0.3) is 0 Å². The van der Waals surface area contributed by atoms with Crippen molar-refractivity contribution < 1.29 is 19.0 Å². The Morgan fingerprint density at radius 2 is 2.00 bits per heavy atom. The standard InChI is InChI=1S/C14H22N2O4.ClH/c1-18-8-9-20-13-10-11(5-6-12(13)19-2)16-14(17)4-3-7-15;/h5-6,10H,3-4,7-9,15H2,1-2H3,(H,16,17);1H. The van der Waals surface area contributed by atoms with Crippen LogP contribution in [0.3, 0.4) is 0 Å². The van der Waals surface area contributed by atoms with E-state index in [0.29, 0.717) is 49.8 Å². The van der Waals surface area contributed by atoms with Crippen molar-refractivity contribution in [3.63, 3.8) is 0 Å². The molecule has 0 aliphatic heterocycles. The summed E-state index contributed by atoms with van der Waals surface area (Å²) in [4.78, 5) is 11.6. The topological polar surface area (TPSA) is 82.8 Å². The maximum Gasteiger partial charge on any atom is 0.224 e. The summed E-state index contributed by atoms with van der Waals surface area (Å²) in [6.45, 7) is 1.40. The van der Waals surface area contributed by atoms with E-state index in [1.165, 1.54) is 0 Å². The first-order valence-corrected chi connectivity index (χ1v) is 6.51. The molecule has 0 saturated carbocycles. The van der Waals surface area contributed by atoms with Crippen molar-refractivity contribution in [3.8, 4) is 11.5 Å². The lowest BCUT2D eigenvalue weighted by Gasteiger charge is -2.12. The van der Waals surface area contributed by atoms with Crippen molar-refractivity contribution in [2.45, 2.75) is 12.8 Å². The highest BCUT2D eigenvalue weighted by Crippen LogP contribution is 2.30. The Labute approximate surface area is 131 Å². The molecule has 0 aliphatic carbocycles. The SMILES string of the molecule is COCCOc1cc(NC(=O)CCCN)ccc1OC.Cl. The number of carbonyl (C=O) groups excluding carboxylic acids is 1. The van der Waals surface area contributed by atoms with Crippen molar-refractivity contribution in [2.75, 3.05) is 39.3 Å². The van der Waals surface area contributed by atoms with E-state index >= 15 is 0 Å². The molecule has 7 heteroatoms. The number of nitrogens with two attached hydrogens (primary N) is 1.